The van der Waals surface area contributed by atoms with Crippen LogP contribution in [0.3, 0.4) is 0 Å². The van der Waals surface area contributed by atoms with Crippen LogP contribution in [0.15, 0.2) is 66.9 Å². The molecule has 42 heavy (non-hydrogen) atoms. The number of rotatable bonds is 2. The van der Waals surface area contributed by atoms with Crippen molar-refractivity contribution in [1.82, 2.24) is 20.5 Å². The zero-order valence-electron chi connectivity index (χ0n) is 22.8. The largest absolute Gasteiger partial charge is 0.493 e. The molecule has 216 valence electrons. The molecule has 3 heterocycles. The van der Waals surface area contributed by atoms with Gasteiger partial charge in [-0.15, -0.1) is 0 Å². The molecule has 3 amide bonds. The standard InChI is InChI=1S/C31H29FN4O6/c1-40-26-6-5-20-13-27(26)41-17-28(37)34-15-18-11-21(32)14-22(12-18)42-25-8-10-36(16-24(25)35-30(20)38)31(39)23-4-2-3-19-7-9-33-29(19)23/h2-7,9,11-14,24-25,33H,8,10,15-17H2,1H3,(H,34,37)(H,35,38)/t24-,25+/m0/s1. The van der Waals surface area contributed by atoms with E-state index in [1.165, 1.54) is 25.3 Å². The Bertz CT molecular complexity index is 1670. The van der Waals surface area contributed by atoms with E-state index in [0.717, 1.165) is 10.9 Å². The van der Waals surface area contributed by atoms with Crippen LogP contribution in [-0.4, -0.2) is 66.6 Å². The van der Waals surface area contributed by atoms with Gasteiger partial charge in [-0.2, -0.15) is 0 Å². The number of likely N-dealkylation sites (tertiary alicyclic amines) is 1. The second kappa shape index (κ2) is 11.4. The van der Waals surface area contributed by atoms with E-state index in [1.807, 2.05) is 18.2 Å². The summed E-state index contributed by atoms with van der Waals surface area (Å²) in [4.78, 5) is 44.4. The number of carbonyl (C=O) groups excluding carboxylic acids is 3. The first kappa shape index (κ1) is 27.1. The number of aromatic nitrogens is 1. The fourth-order valence-corrected chi connectivity index (χ4v) is 5.37. The lowest BCUT2D eigenvalue weighted by atomic mass is 9.99. The van der Waals surface area contributed by atoms with Crippen LogP contribution in [0.4, 0.5) is 4.39 Å². The van der Waals surface area contributed by atoms with E-state index in [4.69, 9.17) is 14.2 Å². The Morgan fingerprint density at radius 3 is 2.83 bits per heavy atom. The van der Waals surface area contributed by atoms with Gasteiger partial charge in [-0.1, -0.05) is 12.1 Å². The quantitative estimate of drug-likeness (QED) is 0.339. The molecule has 6 rings (SSSR count). The van der Waals surface area contributed by atoms with Gasteiger partial charge in [0.25, 0.3) is 17.7 Å². The molecule has 0 unspecified atom stereocenters. The number of para-hydroxylation sites is 1. The van der Waals surface area contributed by atoms with Gasteiger partial charge in [0, 0.05) is 49.3 Å². The summed E-state index contributed by atoms with van der Waals surface area (Å²) in [7, 11) is 1.46. The fourth-order valence-electron chi connectivity index (χ4n) is 5.37. The molecule has 3 N–H and O–H groups in total. The highest BCUT2D eigenvalue weighted by atomic mass is 19.1. The smallest absolute Gasteiger partial charge is 0.258 e. The number of hydrogen-bond acceptors (Lipinski definition) is 6. The molecule has 11 heteroatoms. The molecule has 1 saturated heterocycles. The van der Waals surface area contributed by atoms with Crippen molar-refractivity contribution in [2.45, 2.75) is 25.1 Å². The number of aromatic amines is 1. The minimum Gasteiger partial charge on any atom is -0.493 e. The summed E-state index contributed by atoms with van der Waals surface area (Å²) < 4.78 is 31.8. The van der Waals surface area contributed by atoms with Crippen LogP contribution in [0, 0.1) is 5.82 Å². The molecule has 4 bridgehead atoms. The summed E-state index contributed by atoms with van der Waals surface area (Å²) in [6.07, 6.45) is 1.61. The third-order valence-electron chi connectivity index (χ3n) is 7.46. The average molecular weight is 573 g/mol. The zero-order valence-corrected chi connectivity index (χ0v) is 22.8. The highest BCUT2D eigenvalue weighted by molar-refractivity contribution is 6.05. The molecule has 3 aromatic carbocycles. The molecule has 0 saturated carbocycles. The SMILES string of the molecule is COc1ccc2cc1OCC(=O)NCc1cc(F)cc(c1)O[C@@H]1CCN(C(=O)c3cccc4cc[nH]c34)C[C@@H]1NC2=O. The minimum absolute atomic E-state index is 0.0604. The molecule has 2 atom stereocenters. The maximum absolute atomic E-state index is 14.5. The third kappa shape index (κ3) is 5.58. The van der Waals surface area contributed by atoms with Crippen molar-refractivity contribution in [3.63, 3.8) is 0 Å². The predicted molar refractivity (Wildman–Crippen MR) is 151 cm³/mol. The molecule has 0 spiro atoms. The van der Waals surface area contributed by atoms with E-state index < -0.39 is 29.8 Å². The van der Waals surface area contributed by atoms with E-state index in [2.05, 4.69) is 15.6 Å². The molecule has 0 radical (unpaired) electrons. The molecule has 1 fully saturated rings. The summed E-state index contributed by atoms with van der Waals surface area (Å²) in [6, 6.07) is 15.7. The van der Waals surface area contributed by atoms with Crippen LogP contribution in [-0.2, 0) is 11.3 Å². The number of hydrogen-bond donors (Lipinski definition) is 3. The number of amides is 3. The number of piperidine rings is 1. The second-order valence-corrected chi connectivity index (χ2v) is 10.2. The Hall–Kier alpha value is -5.06. The van der Waals surface area contributed by atoms with Crippen molar-refractivity contribution in [3.05, 3.63) is 89.4 Å². The number of benzene rings is 3. The van der Waals surface area contributed by atoms with Gasteiger partial charge in [-0.25, -0.2) is 4.39 Å². The summed E-state index contributed by atoms with van der Waals surface area (Å²) in [5.41, 5.74) is 2.04. The van der Waals surface area contributed by atoms with Crippen molar-refractivity contribution in [2.24, 2.45) is 0 Å². The number of fused-ring (bicyclic) bond motifs is 6. The molecule has 4 aromatic rings. The Morgan fingerprint density at radius 2 is 1.98 bits per heavy atom. The molecular weight excluding hydrogens is 543 g/mol. The van der Waals surface area contributed by atoms with E-state index in [-0.39, 0.29) is 42.7 Å². The van der Waals surface area contributed by atoms with Crippen LogP contribution in [0.1, 0.15) is 32.7 Å². The lowest BCUT2D eigenvalue weighted by Gasteiger charge is -2.39. The first-order chi connectivity index (χ1) is 20.4. The maximum atomic E-state index is 14.5. The summed E-state index contributed by atoms with van der Waals surface area (Å²) >= 11 is 0. The number of nitrogens with zero attached hydrogens (tertiary/aromatic N) is 1. The van der Waals surface area contributed by atoms with Crippen molar-refractivity contribution in [1.29, 1.82) is 0 Å². The predicted octanol–water partition coefficient (Wildman–Crippen LogP) is 3.42. The van der Waals surface area contributed by atoms with Gasteiger partial charge < -0.3 is 34.7 Å². The van der Waals surface area contributed by atoms with Crippen molar-refractivity contribution < 1.29 is 33.0 Å². The highest BCUT2D eigenvalue weighted by Gasteiger charge is 2.35. The van der Waals surface area contributed by atoms with Crippen LogP contribution in [0.2, 0.25) is 0 Å². The van der Waals surface area contributed by atoms with E-state index in [0.29, 0.717) is 29.8 Å². The monoisotopic (exact) mass is 572 g/mol. The van der Waals surface area contributed by atoms with Crippen LogP contribution in [0.25, 0.3) is 10.9 Å². The summed E-state index contributed by atoms with van der Waals surface area (Å²) in [5, 5.41) is 6.64. The van der Waals surface area contributed by atoms with Gasteiger partial charge in [0.15, 0.2) is 18.1 Å². The molecule has 1 aromatic heterocycles. The number of nitrogens with one attached hydrogen (secondary N) is 3. The topological polar surface area (TPSA) is 122 Å². The van der Waals surface area contributed by atoms with Crippen molar-refractivity contribution >= 4 is 28.6 Å². The number of H-pyrrole nitrogens is 1. The van der Waals surface area contributed by atoms with Gasteiger partial charge in [-0.3, -0.25) is 14.4 Å². The Morgan fingerprint density at radius 1 is 1.10 bits per heavy atom. The van der Waals surface area contributed by atoms with Crippen LogP contribution >= 0.6 is 0 Å². The van der Waals surface area contributed by atoms with Gasteiger partial charge in [-0.05, 0) is 48.0 Å². The lowest BCUT2D eigenvalue weighted by Crippen LogP contribution is -2.58. The minimum atomic E-state index is -0.621. The molecule has 2 aliphatic rings. The Kier molecular flexibility index (Phi) is 7.39. The molecule has 0 aliphatic carbocycles. The van der Waals surface area contributed by atoms with Crippen molar-refractivity contribution in [2.75, 3.05) is 26.8 Å². The van der Waals surface area contributed by atoms with E-state index >= 15 is 0 Å². The normalized spacial score (nSPS) is 19.1. The van der Waals surface area contributed by atoms with E-state index in [1.54, 1.807) is 35.4 Å². The first-order valence-corrected chi connectivity index (χ1v) is 13.6. The van der Waals surface area contributed by atoms with Gasteiger partial charge in [0.05, 0.1) is 24.2 Å². The summed E-state index contributed by atoms with van der Waals surface area (Å²) in [6.45, 7) is 0.260. The highest BCUT2D eigenvalue weighted by Crippen LogP contribution is 2.29. The van der Waals surface area contributed by atoms with Gasteiger partial charge >= 0.3 is 0 Å². The first-order valence-electron chi connectivity index (χ1n) is 13.6. The number of ether oxygens (including phenoxy) is 3. The zero-order chi connectivity index (χ0) is 29.2. The summed E-state index contributed by atoms with van der Waals surface area (Å²) in [5.74, 6) is -0.740. The van der Waals surface area contributed by atoms with Gasteiger partial charge in [0.1, 0.15) is 17.7 Å². The number of carbonyl (C=O) groups is 3. The molecule has 10 nitrogen and oxygen atoms in total. The fraction of sp³-hybridized carbons (Fsp3) is 0.258. The molecular formula is C31H29FN4O6. The third-order valence-corrected chi connectivity index (χ3v) is 7.46. The average Bonchev–Trinajstić information content (AvgIpc) is 3.48. The Labute approximate surface area is 240 Å². The second-order valence-electron chi connectivity index (χ2n) is 10.2. The Balaban J connectivity index is 1.33. The molecule has 2 aliphatic heterocycles. The van der Waals surface area contributed by atoms with E-state index in [9.17, 15) is 18.8 Å². The van der Waals surface area contributed by atoms with Crippen molar-refractivity contribution in [3.8, 4) is 17.2 Å². The van der Waals surface area contributed by atoms with Crippen LogP contribution in [0.5, 0.6) is 17.2 Å². The maximum Gasteiger partial charge on any atom is 0.258 e. The lowest BCUT2D eigenvalue weighted by molar-refractivity contribution is -0.123. The van der Waals surface area contributed by atoms with Crippen LogP contribution < -0.4 is 24.8 Å². The number of methoxy groups -OCH3 is 1. The van der Waals surface area contributed by atoms with Gasteiger partial charge in [0.2, 0.25) is 0 Å². The number of halogens is 1.